The van der Waals surface area contributed by atoms with Crippen LogP contribution in [0.15, 0.2) is 0 Å². The van der Waals surface area contributed by atoms with Crippen LogP contribution in [0.5, 0.6) is 0 Å². The molecule has 196 valence electrons. The molecule has 1 N–H and O–H groups in total. The van der Waals surface area contributed by atoms with Gasteiger partial charge in [0.1, 0.15) is 0 Å². The maximum Gasteiger partial charge on any atom is 0.0719 e. The van der Waals surface area contributed by atoms with Crippen molar-refractivity contribution >= 4 is 0 Å². The summed E-state index contributed by atoms with van der Waals surface area (Å²) in [6.45, 7) is 25.0. The van der Waals surface area contributed by atoms with Crippen LogP contribution in [0.25, 0.3) is 0 Å². The molecular formula is C32H56O2. The number of aliphatic hydroxyl groups excluding tert-OH is 1. The molecule has 0 unspecified atom stereocenters. The molecule has 4 saturated carbocycles. The summed E-state index contributed by atoms with van der Waals surface area (Å²) in [7, 11) is 0. The number of hydrogen-bond acceptors (Lipinski definition) is 2. The van der Waals surface area contributed by atoms with Gasteiger partial charge in [0.05, 0.1) is 17.3 Å². The molecule has 1 heterocycles. The van der Waals surface area contributed by atoms with Gasteiger partial charge in [-0.15, -0.1) is 0 Å². The average Bonchev–Trinajstić information content (AvgIpc) is 3.23. The van der Waals surface area contributed by atoms with E-state index in [4.69, 9.17) is 4.74 Å². The fourth-order valence-electron chi connectivity index (χ4n) is 11.6. The third-order valence-corrected chi connectivity index (χ3v) is 14.8. The van der Waals surface area contributed by atoms with Gasteiger partial charge in [-0.1, -0.05) is 55.4 Å². The molecule has 2 heteroatoms. The highest BCUT2D eigenvalue weighted by molar-refractivity contribution is 5.21. The van der Waals surface area contributed by atoms with Crippen molar-refractivity contribution in [1.82, 2.24) is 0 Å². The van der Waals surface area contributed by atoms with E-state index in [-0.39, 0.29) is 28.1 Å². The summed E-state index contributed by atoms with van der Waals surface area (Å²) in [5.74, 6) is 2.76. The molecule has 0 radical (unpaired) electrons. The lowest BCUT2D eigenvalue weighted by molar-refractivity contribution is -0.238. The third-order valence-electron chi connectivity index (χ3n) is 14.8. The molecule has 0 bridgehead atoms. The standard InChI is InChI=1S/C32H56O2/c1-21(2)31(9)19-20-32(10,34-31)30(8)18-17-29(7)24(30)12-11-23-27(5)15-14-25(33)26(3,4)22(27)13-16-28(23,29)6/h21-25,33H,11-20H2,1-10H3/t22-,23-,24-,25-,27-,28+,29+,30-,31+,32+/m0/s1. The number of fused-ring (bicyclic) bond motifs is 5. The predicted molar refractivity (Wildman–Crippen MR) is 142 cm³/mol. The number of hydrogen-bond donors (Lipinski definition) is 1. The van der Waals surface area contributed by atoms with Gasteiger partial charge in [0.25, 0.3) is 0 Å². The van der Waals surface area contributed by atoms with E-state index in [1.807, 2.05) is 0 Å². The Morgan fingerprint density at radius 3 is 1.82 bits per heavy atom. The molecule has 34 heavy (non-hydrogen) atoms. The second-order valence-electron chi connectivity index (χ2n) is 16.2. The smallest absolute Gasteiger partial charge is 0.0719 e. The van der Waals surface area contributed by atoms with Gasteiger partial charge in [-0.2, -0.15) is 0 Å². The van der Waals surface area contributed by atoms with Crippen LogP contribution >= 0.6 is 0 Å². The molecule has 5 rings (SSSR count). The second kappa shape index (κ2) is 7.27. The van der Waals surface area contributed by atoms with Crippen LogP contribution in [0.2, 0.25) is 0 Å². The number of aliphatic hydroxyl groups is 1. The van der Waals surface area contributed by atoms with Crippen molar-refractivity contribution in [3.63, 3.8) is 0 Å². The molecule has 5 aliphatic rings. The molecule has 0 aromatic rings. The molecule has 0 aromatic carbocycles. The van der Waals surface area contributed by atoms with E-state index in [0.29, 0.717) is 28.1 Å². The van der Waals surface area contributed by atoms with Gasteiger partial charge >= 0.3 is 0 Å². The Hall–Kier alpha value is -0.0800. The monoisotopic (exact) mass is 472 g/mol. The first kappa shape index (κ1) is 25.6. The Morgan fingerprint density at radius 2 is 1.21 bits per heavy atom. The highest BCUT2D eigenvalue weighted by Gasteiger charge is 2.73. The Bertz CT molecular complexity index is 833. The van der Waals surface area contributed by atoms with Crippen molar-refractivity contribution in [2.75, 3.05) is 0 Å². The van der Waals surface area contributed by atoms with Gasteiger partial charge in [0, 0.05) is 0 Å². The molecular weight excluding hydrogens is 416 g/mol. The largest absolute Gasteiger partial charge is 0.393 e. The molecule has 0 spiro atoms. The quantitative estimate of drug-likeness (QED) is 0.437. The molecule has 4 aliphatic carbocycles. The van der Waals surface area contributed by atoms with E-state index in [1.165, 1.54) is 57.8 Å². The van der Waals surface area contributed by atoms with Crippen LogP contribution in [0, 0.1) is 50.7 Å². The topological polar surface area (TPSA) is 29.5 Å². The van der Waals surface area contributed by atoms with E-state index in [2.05, 4.69) is 69.2 Å². The predicted octanol–water partition coefficient (Wildman–Crippen LogP) is 8.41. The fraction of sp³-hybridized carbons (Fsp3) is 1.00. The summed E-state index contributed by atoms with van der Waals surface area (Å²) < 4.78 is 7.16. The highest BCUT2D eigenvalue weighted by atomic mass is 16.5. The Kier molecular flexibility index (Phi) is 5.47. The van der Waals surface area contributed by atoms with E-state index >= 15 is 0 Å². The van der Waals surface area contributed by atoms with Crippen LogP contribution < -0.4 is 0 Å². The minimum absolute atomic E-state index is 0.00428. The Balaban J connectivity index is 1.49. The zero-order valence-electron chi connectivity index (χ0n) is 24.3. The summed E-state index contributed by atoms with van der Waals surface area (Å²) in [6, 6.07) is 0. The molecule has 1 aliphatic heterocycles. The second-order valence-corrected chi connectivity index (χ2v) is 16.2. The zero-order valence-corrected chi connectivity index (χ0v) is 24.3. The van der Waals surface area contributed by atoms with Crippen LogP contribution in [0.4, 0.5) is 0 Å². The first-order valence-corrected chi connectivity index (χ1v) is 14.9. The minimum atomic E-state index is -0.133. The lowest BCUT2D eigenvalue weighted by Crippen LogP contribution is -2.65. The van der Waals surface area contributed by atoms with Crippen LogP contribution in [0.1, 0.15) is 133 Å². The number of ether oxygens (including phenoxy) is 1. The zero-order chi connectivity index (χ0) is 25.2. The summed E-state index contributed by atoms with van der Waals surface area (Å²) >= 11 is 0. The van der Waals surface area contributed by atoms with Gasteiger partial charge in [0.15, 0.2) is 0 Å². The molecule has 10 atom stereocenters. The molecule has 5 fully saturated rings. The molecule has 1 saturated heterocycles. The first-order valence-electron chi connectivity index (χ1n) is 14.9. The van der Waals surface area contributed by atoms with Crippen molar-refractivity contribution in [2.45, 2.75) is 151 Å². The van der Waals surface area contributed by atoms with Gasteiger partial charge in [-0.25, -0.2) is 0 Å². The lowest BCUT2D eigenvalue weighted by Gasteiger charge is -2.70. The third kappa shape index (κ3) is 2.88. The van der Waals surface area contributed by atoms with Gasteiger partial charge in [-0.05, 0) is 129 Å². The van der Waals surface area contributed by atoms with Crippen molar-refractivity contribution in [3.05, 3.63) is 0 Å². The van der Waals surface area contributed by atoms with Gasteiger partial charge in [-0.3, -0.25) is 0 Å². The first-order chi connectivity index (χ1) is 15.5. The van der Waals surface area contributed by atoms with Crippen molar-refractivity contribution in [1.29, 1.82) is 0 Å². The highest BCUT2D eigenvalue weighted by Crippen LogP contribution is 2.78. The Morgan fingerprint density at radius 1 is 0.618 bits per heavy atom. The van der Waals surface area contributed by atoms with E-state index in [1.54, 1.807) is 0 Å². The van der Waals surface area contributed by atoms with Crippen molar-refractivity contribution in [2.24, 2.45) is 50.7 Å². The maximum absolute atomic E-state index is 10.9. The lowest BCUT2D eigenvalue weighted by atomic mass is 9.35. The van der Waals surface area contributed by atoms with Gasteiger partial charge in [0.2, 0.25) is 0 Å². The average molecular weight is 473 g/mol. The summed E-state index contributed by atoms with van der Waals surface area (Å²) in [6.07, 6.45) is 12.6. The van der Waals surface area contributed by atoms with E-state index in [9.17, 15) is 5.11 Å². The Labute approximate surface area is 211 Å². The minimum Gasteiger partial charge on any atom is -0.393 e. The van der Waals surface area contributed by atoms with Crippen LogP contribution in [-0.2, 0) is 4.74 Å². The normalized spacial score (nSPS) is 58.9. The molecule has 2 nitrogen and oxygen atoms in total. The SMILES string of the molecule is CC(C)[C@@]1(C)CC[C@](C)([C@@]2(C)CC[C@]3(C)[C@@H]2CC[C@H]2[C@@]4(C)CC[C@H](O)C(C)(C)[C@@H]4CC[C@]23C)O1. The molecule has 0 aromatic heterocycles. The fourth-order valence-corrected chi connectivity index (χ4v) is 11.6. The van der Waals surface area contributed by atoms with E-state index in [0.717, 1.165) is 18.3 Å². The maximum atomic E-state index is 10.9. The molecule has 0 amide bonds. The summed E-state index contributed by atoms with van der Waals surface area (Å²) in [4.78, 5) is 0. The summed E-state index contributed by atoms with van der Waals surface area (Å²) in [5.41, 5.74) is 1.49. The van der Waals surface area contributed by atoms with Gasteiger partial charge < -0.3 is 9.84 Å². The van der Waals surface area contributed by atoms with Crippen molar-refractivity contribution in [3.8, 4) is 0 Å². The van der Waals surface area contributed by atoms with E-state index < -0.39 is 0 Å². The summed E-state index contributed by atoms with van der Waals surface area (Å²) in [5, 5.41) is 10.9. The van der Waals surface area contributed by atoms with Crippen LogP contribution in [-0.4, -0.2) is 22.4 Å². The van der Waals surface area contributed by atoms with Crippen LogP contribution in [0.3, 0.4) is 0 Å². The van der Waals surface area contributed by atoms with Crippen molar-refractivity contribution < 1.29 is 9.84 Å². The number of rotatable bonds is 2.